The third-order valence-corrected chi connectivity index (χ3v) is 3.72. The van der Waals surface area contributed by atoms with E-state index in [9.17, 15) is 4.79 Å². The molecule has 0 aromatic rings. The summed E-state index contributed by atoms with van der Waals surface area (Å²) in [6.07, 6.45) is 7.09. The Morgan fingerprint density at radius 3 is 2.71 bits per heavy atom. The van der Waals surface area contributed by atoms with Crippen molar-refractivity contribution in [2.75, 3.05) is 26.8 Å². The lowest BCUT2D eigenvalue weighted by atomic mass is 9.89. The molecule has 4 heteroatoms. The first-order valence-corrected chi connectivity index (χ1v) is 6.75. The second-order valence-corrected chi connectivity index (χ2v) is 5.25. The smallest absolute Gasteiger partial charge is 0.409 e. The molecule has 1 saturated heterocycles. The van der Waals surface area contributed by atoms with Gasteiger partial charge in [0.1, 0.15) is 6.10 Å². The average molecular weight is 241 g/mol. The summed E-state index contributed by atoms with van der Waals surface area (Å²) in [7, 11) is 1.84. The minimum absolute atomic E-state index is 0.0312. The van der Waals surface area contributed by atoms with Gasteiger partial charge in [0, 0.05) is 20.0 Å². The second-order valence-electron chi connectivity index (χ2n) is 5.25. The summed E-state index contributed by atoms with van der Waals surface area (Å²) >= 11 is 0. The quantitative estimate of drug-likeness (QED) is 0.761. The molecule has 2 aliphatic rings. The Bertz CT molecular complexity index is 245. The van der Waals surface area contributed by atoms with E-state index in [1.54, 1.807) is 4.90 Å². The first-order valence-electron chi connectivity index (χ1n) is 6.75. The van der Waals surface area contributed by atoms with Gasteiger partial charge < -0.3 is 14.4 Å². The molecule has 2 fully saturated rings. The van der Waals surface area contributed by atoms with E-state index in [1.165, 1.54) is 32.1 Å². The molecule has 0 aromatic heterocycles. The topological polar surface area (TPSA) is 38.8 Å². The maximum Gasteiger partial charge on any atom is 0.409 e. The third kappa shape index (κ3) is 3.87. The van der Waals surface area contributed by atoms with Crippen LogP contribution in [0.25, 0.3) is 0 Å². The summed E-state index contributed by atoms with van der Waals surface area (Å²) in [4.78, 5) is 13.6. The zero-order chi connectivity index (χ0) is 12.1. The Morgan fingerprint density at radius 1 is 1.29 bits per heavy atom. The summed E-state index contributed by atoms with van der Waals surface area (Å²) in [5, 5.41) is 0. The van der Waals surface area contributed by atoms with Crippen LogP contribution in [-0.4, -0.2) is 43.9 Å². The first-order chi connectivity index (χ1) is 8.25. The number of rotatable bonds is 3. The fourth-order valence-electron chi connectivity index (χ4n) is 2.67. The van der Waals surface area contributed by atoms with Gasteiger partial charge in [0.25, 0.3) is 0 Å². The van der Waals surface area contributed by atoms with Crippen LogP contribution in [0.4, 0.5) is 4.79 Å². The van der Waals surface area contributed by atoms with E-state index in [4.69, 9.17) is 9.47 Å². The van der Waals surface area contributed by atoms with Gasteiger partial charge >= 0.3 is 6.09 Å². The molecule has 1 aliphatic heterocycles. The van der Waals surface area contributed by atoms with Crippen LogP contribution in [-0.2, 0) is 9.47 Å². The lowest BCUT2D eigenvalue weighted by Crippen LogP contribution is -2.35. The van der Waals surface area contributed by atoms with Crippen molar-refractivity contribution in [2.45, 2.75) is 44.6 Å². The van der Waals surface area contributed by atoms with Crippen molar-refractivity contribution in [3.8, 4) is 0 Å². The van der Waals surface area contributed by atoms with E-state index in [2.05, 4.69) is 0 Å². The molecule has 0 aromatic carbocycles. The molecule has 1 aliphatic carbocycles. The Labute approximate surface area is 103 Å². The number of hydrogen-bond acceptors (Lipinski definition) is 3. The Hall–Kier alpha value is -0.770. The standard InChI is InChI=1S/C13H23NO3/c1-14(9-11-5-3-2-4-6-11)13(15)17-12-7-8-16-10-12/h11-12H,2-10H2,1H3. The number of ether oxygens (including phenoxy) is 2. The normalized spacial score (nSPS) is 25.8. The Balaban J connectivity index is 1.70. The highest BCUT2D eigenvalue weighted by Gasteiger charge is 2.24. The van der Waals surface area contributed by atoms with E-state index in [0.717, 1.165) is 13.0 Å². The van der Waals surface area contributed by atoms with Crippen molar-refractivity contribution in [1.29, 1.82) is 0 Å². The number of hydrogen-bond donors (Lipinski definition) is 0. The van der Waals surface area contributed by atoms with Gasteiger partial charge in [-0.05, 0) is 18.8 Å². The molecule has 0 spiro atoms. The van der Waals surface area contributed by atoms with Gasteiger partial charge in [0.15, 0.2) is 0 Å². The Morgan fingerprint density at radius 2 is 2.06 bits per heavy atom. The zero-order valence-electron chi connectivity index (χ0n) is 10.7. The molecule has 1 atom stereocenters. The number of nitrogens with zero attached hydrogens (tertiary/aromatic N) is 1. The molecule has 4 nitrogen and oxygen atoms in total. The van der Waals surface area contributed by atoms with Gasteiger partial charge in [-0.15, -0.1) is 0 Å². The molecule has 1 unspecified atom stereocenters. The molecular formula is C13H23NO3. The minimum atomic E-state index is -0.189. The maximum atomic E-state index is 11.8. The maximum absolute atomic E-state index is 11.8. The highest BCUT2D eigenvalue weighted by molar-refractivity contribution is 5.67. The summed E-state index contributed by atoms with van der Waals surface area (Å²) in [5.41, 5.74) is 0. The lowest BCUT2D eigenvalue weighted by Gasteiger charge is -2.27. The fourth-order valence-corrected chi connectivity index (χ4v) is 2.67. The summed E-state index contributed by atoms with van der Waals surface area (Å²) in [6, 6.07) is 0. The number of carbonyl (C=O) groups is 1. The van der Waals surface area contributed by atoms with Crippen LogP contribution >= 0.6 is 0 Å². The van der Waals surface area contributed by atoms with Crippen LogP contribution in [0.5, 0.6) is 0 Å². The number of amides is 1. The number of carbonyl (C=O) groups excluding carboxylic acids is 1. The van der Waals surface area contributed by atoms with Crippen molar-refractivity contribution in [3.05, 3.63) is 0 Å². The van der Waals surface area contributed by atoms with Crippen LogP contribution < -0.4 is 0 Å². The van der Waals surface area contributed by atoms with E-state index in [-0.39, 0.29) is 12.2 Å². The van der Waals surface area contributed by atoms with Crippen molar-refractivity contribution < 1.29 is 14.3 Å². The molecule has 1 saturated carbocycles. The third-order valence-electron chi connectivity index (χ3n) is 3.72. The van der Waals surface area contributed by atoms with Gasteiger partial charge in [0.05, 0.1) is 13.2 Å². The molecule has 1 amide bonds. The fraction of sp³-hybridized carbons (Fsp3) is 0.923. The van der Waals surface area contributed by atoms with E-state index >= 15 is 0 Å². The molecule has 17 heavy (non-hydrogen) atoms. The van der Waals surface area contributed by atoms with E-state index < -0.39 is 0 Å². The minimum Gasteiger partial charge on any atom is -0.444 e. The van der Waals surface area contributed by atoms with Crippen LogP contribution in [0.1, 0.15) is 38.5 Å². The average Bonchev–Trinajstić information content (AvgIpc) is 2.83. The highest BCUT2D eigenvalue weighted by Crippen LogP contribution is 2.24. The SMILES string of the molecule is CN(CC1CCCCC1)C(=O)OC1CCOC1. The second kappa shape index (κ2) is 6.24. The van der Waals surface area contributed by atoms with Crippen molar-refractivity contribution in [1.82, 2.24) is 4.90 Å². The van der Waals surface area contributed by atoms with Gasteiger partial charge in [0.2, 0.25) is 0 Å². The van der Waals surface area contributed by atoms with E-state index in [0.29, 0.717) is 19.1 Å². The van der Waals surface area contributed by atoms with Crippen molar-refractivity contribution in [2.24, 2.45) is 5.92 Å². The monoisotopic (exact) mass is 241 g/mol. The molecular weight excluding hydrogens is 218 g/mol. The molecule has 1 heterocycles. The summed E-state index contributed by atoms with van der Waals surface area (Å²) in [5.74, 6) is 0.668. The van der Waals surface area contributed by atoms with Crippen LogP contribution in [0.2, 0.25) is 0 Å². The Kier molecular flexibility index (Phi) is 4.66. The first kappa shape index (κ1) is 12.7. The van der Waals surface area contributed by atoms with E-state index in [1.807, 2.05) is 7.05 Å². The van der Waals surface area contributed by atoms with Crippen LogP contribution in [0.3, 0.4) is 0 Å². The summed E-state index contributed by atoms with van der Waals surface area (Å²) in [6.45, 7) is 2.11. The highest BCUT2D eigenvalue weighted by atomic mass is 16.6. The largest absolute Gasteiger partial charge is 0.444 e. The van der Waals surface area contributed by atoms with Crippen LogP contribution in [0.15, 0.2) is 0 Å². The molecule has 0 radical (unpaired) electrons. The summed E-state index contributed by atoms with van der Waals surface area (Å²) < 4.78 is 10.6. The van der Waals surface area contributed by atoms with Gasteiger partial charge in [-0.3, -0.25) is 0 Å². The van der Waals surface area contributed by atoms with Gasteiger partial charge in [-0.1, -0.05) is 19.3 Å². The molecule has 0 bridgehead atoms. The predicted octanol–water partition coefficient (Wildman–Crippen LogP) is 2.42. The molecule has 0 N–H and O–H groups in total. The molecule has 98 valence electrons. The zero-order valence-corrected chi connectivity index (χ0v) is 10.7. The van der Waals surface area contributed by atoms with Crippen molar-refractivity contribution in [3.63, 3.8) is 0 Å². The van der Waals surface area contributed by atoms with Crippen LogP contribution in [0, 0.1) is 5.92 Å². The lowest BCUT2D eigenvalue weighted by molar-refractivity contribution is 0.0556. The van der Waals surface area contributed by atoms with Gasteiger partial charge in [-0.2, -0.15) is 0 Å². The molecule has 2 rings (SSSR count). The van der Waals surface area contributed by atoms with Crippen molar-refractivity contribution >= 4 is 6.09 Å². The van der Waals surface area contributed by atoms with Gasteiger partial charge in [-0.25, -0.2) is 4.79 Å². The predicted molar refractivity (Wildman–Crippen MR) is 64.9 cm³/mol.